The molecule has 0 saturated carbocycles. The van der Waals surface area contributed by atoms with Gasteiger partial charge in [0.05, 0.1) is 4.90 Å². The van der Waals surface area contributed by atoms with Crippen LogP contribution in [0.2, 0.25) is 0 Å². The normalized spacial score (nSPS) is 24.0. The second-order valence-electron chi connectivity index (χ2n) is 4.17. The molecule has 2 unspecified atom stereocenters. The highest BCUT2D eigenvalue weighted by Crippen LogP contribution is 2.31. The minimum absolute atomic E-state index is 0.167. The Morgan fingerprint density at radius 3 is 2.47 bits per heavy atom. The molecule has 2 rings (SSSR count). The first-order valence-corrected chi connectivity index (χ1v) is 6.72. The molecule has 1 fully saturated rings. The third kappa shape index (κ3) is 2.63. The van der Waals surface area contributed by atoms with E-state index in [9.17, 15) is 17.2 Å². The van der Waals surface area contributed by atoms with Crippen molar-refractivity contribution >= 4 is 10.0 Å². The molecule has 1 aliphatic rings. The van der Waals surface area contributed by atoms with Crippen LogP contribution in [0.3, 0.4) is 0 Å². The highest BCUT2D eigenvalue weighted by molar-refractivity contribution is 7.89. The molecule has 0 radical (unpaired) electrons. The Bertz CT molecular complexity index is 499. The Balaban J connectivity index is 2.13. The smallest absolute Gasteiger partial charge is 0.210 e. The van der Waals surface area contributed by atoms with Crippen molar-refractivity contribution in [1.29, 1.82) is 0 Å². The van der Waals surface area contributed by atoms with Crippen molar-refractivity contribution < 1.29 is 17.2 Å². The Morgan fingerprint density at radius 1 is 1.35 bits per heavy atom. The van der Waals surface area contributed by atoms with Crippen LogP contribution in [0.1, 0.15) is 12.0 Å². The maximum absolute atomic E-state index is 12.1. The third-order valence-electron chi connectivity index (χ3n) is 2.74. The number of hydrogen-bond donors (Lipinski definition) is 0. The zero-order valence-electron chi connectivity index (χ0n) is 9.31. The summed E-state index contributed by atoms with van der Waals surface area (Å²) in [7, 11) is -3.58. The van der Waals surface area contributed by atoms with Gasteiger partial charge in [-0.15, -0.1) is 0 Å². The summed E-state index contributed by atoms with van der Waals surface area (Å²) >= 11 is 0. The SMILES string of the molecule is Cc1ccc(S(=O)(=O)N2CC2CC(F)F)cc1. The van der Waals surface area contributed by atoms with E-state index in [4.69, 9.17) is 0 Å². The maximum Gasteiger partial charge on any atom is 0.243 e. The topological polar surface area (TPSA) is 37.1 Å². The first-order valence-electron chi connectivity index (χ1n) is 5.28. The summed E-state index contributed by atoms with van der Waals surface area (Å²) in [5.41, 5.74) is 0.957. The van der Waals surface area contributed by atoms with Crippen LogP contribution in [0.25, 0.3) is 0 Å². The van der Waals surface area contributed by atoms with Crippen LogP contribution in [0.4, 0.5) is 8.78 Å². The lowest BCUT2D eigenvalue weighted by Gasteiger charge is -2.06. The molecule has 1 aromatic carbocycles. The molecule has 6 heteroatoms. The fraction of sp³-hybridized carbons (Fsp3) is 0.455. The molecule has 2 atom stereocenters. The quantitative estimate of drug-likeness (QED) is 0.778. The molecule has 17 heavy (non-hydrogen) atoms. The standard InChI is InChI=1S/C11H13F2NO2S/c1-8-2-4-10(5-3-8)17(15,16)14-7-9(14)6-11(12)13/h2-5,9,11H,6-7H2,1H3. The molecule has 1 aliphatic heterocycles. The fourth-order valence-electron chi connectivity index (χ4n) is 1.70. The molecule has 0 bridgehead atoms. The van der Waals surface area contributed by atoms with Gasteiger partial charge in [-0.3, -0.25) is 0 Å². The van der Waals surface area contributed by atoms with Gasteiger partial charge in [-0.25, -0.2) is 17.2 Å². The average Bonchev–Trinajstić information content (AvgIpc) is 2.97. The van der Waals surface area contributed by atoms with Crippen LogP contribution < -0.4 is 0 Å². The number of hydrogen-bond acceptors (Lipinski definition) is 2. The van der Waals surface area contributed by atoms with Gasteiger partial charge in [0, 0.05) is 19.0 Å². The molecule has 1 saturated heterocycles. The minimum Gasteiger partial charge on any atom is -0.210 e. The van der Waals surface area contributed by atoms with Gasteiger partial charge in [-0.2, -0.15) is 4.31 Å². The number of rotatable bonds is 4. The van der Waals surface area contributed by atoms with Crippen LogP contribution in [0, 0.1) is 6.92 Å². The Morgan fingerprint density at radius 2 is 1.94 bits per heavy atom. The largest absolute Gasteiger partial charge is 0.243 e. The van der Waals surface area contributed by atoms with Crippen molar-refractivity contribution in [3.63, 3.8) is 0 Å². The average molecular weight is 261 g/mol. The molecule has 1 heterocycles. The predicted molar refractivity (Wildman–Crippen MR) is 59.5 cm³/mol. The summed E-state index contributed by atoms with van der Waals surface area (Å²) in [4.78, 5) is 0.167. The van der Waals surface area contributed by atoms with E-state index in [2.05, 4.69) is 0 Å². The van der Waals surface area contributed by atoms with Gasteiger partial charge < -0.3 is 0 Å². The molecule has 0 aliphatic carbocycles. The third-order valence-corrected chi connectivity index (χ3v) is 4.67. The summed E-state index contributed by atoms with van der Waals surface area (Å²) in [5, 5.41) is 0. The van der Waals surface area contributed by atoms with Crippen molar-refractivity contribution in [3.05, 3.63) is 29.8 Å². The van der Waals surface area contributed by atoms with Gasteiger partial charge in [0.25, 0.3) is 0 Å². The number of aryl methyl sites for hydroxylation is 1. The zero-order chi connectivity index (χ0) is 12.6. The summed E-state index contributed by atoms with van der Waals surface area (Å²) < 4.78 is 49.3. The minimum atomic E-state index is -3.58. The number of nitrogens with zero attached hydrogens (tertiary/aromatic N) is 1. The van der Waals surface area contributed by atoms with E-state index in [-0.39, 0.29) is 17.9 Å². The van der Waals surface area contributed by atoms with Gasteiger partial charge in [0.1, 0.15) is 0 Å². The lowest BCUT2D eigenvalue weighted by molar-refractivity contribution is 0.135. The van der Waals surface area contributed by atoms with Crippen LogP contribution in [0.5, 0.6) is 0 Å². The zero-order valence-corrected chi connectivity index (χ0v) is 10.1. The second kappa shape index (κ2) is 4.34. The summed E-state index contributed by atoms with van der Waals surface area (Å²) in [6, 6.07) is 5.85. The van der Waals surface area contributed by atoms with Crippen LogP contribution in [-0.2, 0) is 10.0 Å². The van der Waals surface area contributed by atoms with E-state index >= 15 is 0 Å². The lowest BCUT2D eigenvalue weighted by atomic mass is 10.2. The Labute approximate surface area is 99.1 Å². The summed E-state index contributed by atoms with van der Waals surface area (Å²) in [6.07, 6.45) is -2.84. The van der Waals surface area contributed by atoms with E-state index in [1.807, 2.05) is 6.92 Å². The van der Waals surface area contributed by atoms with Crippen LogP contribution in [-0.4, -0.2) is 31.7 Å². The maximum atomic E-state index is 12.1. The second-order valence-corrected chi connectivity index (χ2v) is 6.06. The van der Waals surface area contributed by atoms with Crippen molar-refractivity contribution in [1.82, 2.24) is 4.31 Å². The summed E-state index contributed by atoms with van der Waals surface area (Å²) in [5.74, 6) is 0. The van der Waals surface area contributed by atoms with Gasteiger partial charge >= 0.3 is 0 Å². The highest BCUT2D eigenvalue weighted by atomic mass is 32.2. The van der Waals surface area contributed by atoms with Gasteiger partial charge in [-0.05, 0) is 19.1 Å². The fourth-order valence-corrected chi connectivity index (χ4v) is 3.30. The van der Waals surface area contributed by atoms with E-state index in [0.29, 0.717) is 0 Å². The molecule has 1 aromatic rings. The van der Waals surface area contributed by atoms with E-state index in [1.165, 1.54) is 12.1 Å². The Hall–Kier alpha value is -1.01. The number of benzene rings is 1. The molecule has 0 spiro atoms. The van der Waals surface area contributed by atoms with Crippen LogP contribution in [0.15, 0.2) is 29.2 Å². The molecule has 3 nitrogen and oxygen atoms in total. The number of sulfonamides is 1. The lowest BCUT2D eigenvalue weighted by Crippen LogP contribution is -2.15. The van der Waals surface area contributed by atoms with E-state index in [1.54, 1.807) is 12.1 Å². The molecular weight excluding hydrogens is 248 g/mol. The van der Waals surface area contributed by atoms with Crippen molar-refractivity contribution in [2.75, 3.05) is 6.54 Å². The first kappa shape index (κ1) is 12.4. The Kier molecular flexibility index (Phi) is 3.18. The molecule has 0 N–H and O–H groups in total. The molecule has 0 aromatic heterocycles. The van der Waals surface area contributed by atoms with Gasteiger partial charge in [0.2, 0.25) is 16.4 Å². The van der Waals surface area contributed by atoms with Crippen LogP contribution >= 0.6 is 0 Å². The van der Waals surface area contributed by atoms with Gasteiger partial charge in [-0.1, -0.05) is 17.7 Å². The van der Waals surface area contributed by atoms with E-state index in [0.717, 1.165) is 9.87 Å². The molecule has 94 valence electrons. The molecule has 0 amide bonds. The summed E-state index contributed by atoms with van der Waals surface area (Å²) in [6.45, 7) is 2.05. The van der Waals surface area contributed by atoms with Gasteiger partial charge in [0.15, 0.2) is 0 Å². The van der Waals surface area contributed by atoms with Crippen molar-refractivity contribution in [2.24, 2.45) is 0 Å². The van der Waals surface area contributed by atoms with Crippen molar-refractivity contribution in [2.45, 2.75) is 30.7 Å². The highest BCUT2D eigenvalue weighted by Gasteiger charge is 2.45. The predicted octanol–water partition coefficient (Wildman–Crippen LogP) is 2.02. The molecular formula is C11H13F2NO2S. The van der Waals surface area contributed by atoms with Crippen molar-refractivity contribution in [3.8, 4) is 0 Å². The van der Waals surface area contributed by atoms with E-state index < -0.39 is 22.5 Å². The monoisotopic (exact) mass is 261 g/mol. The first-order chi connectivity index (χ1) is 7.91. The number of halogens is 2. The number of alkyl halides is 2.